The topological polar surface area (TPSA) is 20.2 Å². The van der Waals surface area contributed by atoms with E-state index in [4.69, 9.17) is 0 Å². The Morgan fingerprint density at radius 1 is 1.38 bits per heavy atom. The van der Waals surface area contributed by atoms with Crippen molar-refractivity contribution in [2.45, 2.75) is 59.5 Å². The van der Waals surface area contributed by atoms with Gasteiger partial charge in [0.15, 0.2) is 0 Å². The van der Waals surface area contributed by atoms with Gasteiger partial charge in [-0.1, -0.05) is 32.4 Å². The van der Waals surface area contributed by atoms with Crippen LogP contribution in [0.1, 0.15) is 53.4 Å². The summed E-state index contributed by atoms with van der Waals surface area (Å²) in [6, 6.07) is 0. The maximum Gasteiger partial charge on any atom is 0.0664 e. The molecule has 1 spiro atoms. The van der Waals surface area contributed by atoms with Gasteiger partial charge >= 0.3 is 0 Å². The first-order valence-electron chi connectivity index (χ1n) is 6.84. The molecule has 4 unspecified atom stereocenters. The van der Waals surface area contributed by atoms with E-state index in [1.807, 2.05) is 0 Å². The molecule has 16 heavy (non-hydrogen) atoms. The highest BCUT2D eigenvalue weighted by atomic mass is 16.3. The number of allylic oxidation sites excluding steroid dienone is 1. The molecule has 2 aliphatic rings. The van der Waals surface area contributed by atoms with E-state index in [0.29, 0.717) is 17.8 Å². The minimum Gasteiger partial charge on any atom is -0.392 e. The quantitative estimate of drug-likeness (QED) is 0.669. The van der Waals surface area contributed by atoms with Crippen LogP contribution < -0.4 is 0 Å². The summed E-state index contributed by atoms with van der Waals surface area (Å²) in [5, 5.41) is 10.7. The molecule has 0 amide bonds. The minimum absolute atomic E-state index is 0.108. The second kappa shape index (κ2) is 4.18. The fourth-order valence-corrected chi connectivity index (χ4v) is 3.90. The molecule has 1 heteroatoms. The van der Waals surface area contributed by atoms with Crippen molar-refractivity contribution in [2.75, 3.05) is 0 Å². The van der Waals surface area contributed by atoms with E-state index in [0.717, 1.165) is 0 Å². The van der Waals surface area contributed by atoms with Crippen LogP contribution in [0.15, 0.2) is 11.6 Å². The molecule has 1 N–H and O–H groups in total. The molecule has 0 aliphatic heterocycles. The van der Waals surface area contributed by atoms with E-state index >= 15 is 0 Å². The summed E-state index contributed by atoms with van der Waals surface area (Å²) in [6.07, 6.45) is 7.12. The lowest BCUT2D eigenvalue weighted by atomic mass is 9.59. The van der Waals surface area contributed by atoms with Gasteiger partial charge in [0.1, 0.15) is 0 Å². The molecular weight excluding hydrogens is 196 g/mol. The molecule has 0 aromatic carbocycles. The van der Waals surface area contributed by atoms with Gasteiger partial charge in [0, 0.05) is 5.41 Å². The largest absolute Gasteiger partial charge is 0.392 e. The van der Waals surface area contributed by atoms with Crippen LogP contribution >= 0.6 is 0 Å². The van der Waals surface area contributed by atoms with Crippen LogP contribution in [0.25, 0.3) is 0 Å². The van der Waals surface area contributed by atoms with Gasteiger partial charge in [0.25, 0.3) is 0 Å². The lowest BCUT2D eigenvalue weighted by Gasteiger charge is -2.48. The standard InChI is InChI=1S/C15H26O/c1-10(2)13-6-5-12(4)15(14(13)16)8-7-11(3)9-15/h9-10,12-14,16H,5-8H2,1-4H3. The van der Waals surface area contributed by atoms with Crippen LogP contribution in [0.5, 0.6) is 0 Å². The van der Waals surface area contributed by atoms with Gasteiger partial charge in [0.05, 0.1) is 6.10 Å². The molecule has 0 aromatic rings. The van der Waals surface area contributed by atoms with E-state index in [1.54, 1.807) is 0 Å². The highest BCUT2D eigenvalue weighted by molar-refractivity contribution is 5.20. The highest BCUT2D eigenvalue weighted by Gasteiger charge is 2.49. The average Bonchev–Trinajstić information content (AvgIpc) is 2.59. The van der Waals surface area contributed by atoms with Crippen molar-refractivity contribution in [1.29, 1.82) is 0 Å². The summed E-state index contributed by atoms with van der Waals surface area (Å²) in [5.41, 5.74) is 1.59. The Morgan fingerprint density at radius 3 is 2.56 bits per heavy atom. The minimum atomic E-state index is -0.117. The Balaban J connectivity index is 2.28. The molecule has 0 saturated heterocycles. The van der Waals surface area contributed by atoms with E-state index < -0.39 is 0 Å². The molecule has 4 atom stereocenters. The van der Waals surface area contributed by atoms with Crippen molar-refractivity contribution < 1.29 is 5.11 Å². The first kappa shape index (κ1) is 12.2. The molecule has 0 heterocycles. The van der Waals surface area contributed by atoms with Crippen LogP contribution in [-0.2, 0) is 0 Å². The lowest BCUT2D eigenvalue weighted by Crippen LogP contribution is -2.48. The molecule has 2 rings (SSSR count). The SMILES string of the molecule is CC1=CC2(CC1)C(C)CCC(C(C)C)C2O. The van der Waals surface area contributed by atoms with Crippen LogP contribution in [0.4, 0.5) is 0 Å². The van der Waals surface area contributed by atoms with Gasteiger partial charge in [-0.25, -0.2) is 0 Å². The maximum absolute atomic E-state index is 10.7. The second-order valence-electron chi connectivity index (χ2n) is 6.43. The van der Waals surface area contributed by atoms with Crippen molar-refractivity contribution in [3.8, 4) is 0 Å². The molecule has 0 aromatic heterocycles. The van der Waals surface area contributed by atoms with Crippen LogP contribution in [0.3, 0.4) is 0 Å². The van der Waals surface area contributed by atoms with Gasteiger partial charge in [-0.2, -0.15) is 0 Å². The average molecular weight is 222 g/mol. The van der Waals surface area contributed by atoms with Gasteiger partial charge in [-0.15, -0.1) is 0 Å². The van der Waals surface area contributed by atoms with Gasteiger partial charge in [-0.05, 0) is 50.4 Å². The van der Waals surface area contributed by atoms with E-state index in [9.17, 15) is 5.11 Å². The number of aliphatic hydroxyl groups excluding tert-OH is 1. The Labute approximate surface area is 99.9 Å². The number of hydrogen-bond donors (Lipinski definition) is 1. The first-order chi connectivity index (χ1) is 7.47. The summed E-state index contributed by atoms with van der Waals surface area (Å²) < 4.78 is 0. The Hall–Kier alpha value is -0.300. The van der Waals surface area contributed by atoms with Crippen LogP contribution in [-0.4, -0.2) is 11.2 Å². The third kappa shape index (κ3) is 1.73. The van der Waals surface area contributed by atoms with Crippen LogP contribution in [0, 0.1) is 23.2 Å². The van der Waals surface area contributed by atoms with Crippen molar-refractivity contribution in [3.05, 3.63) is 11.6 Å². The summed E-state index contributed by atoms with van der Waals surface area (Å²) in [7, 11) is 0. The third-order valence-electron chi connectivity index (χ3n) is 5.13. The molecule has 1 fully saturated rings. The summed E-state index contributed by atoms with van der Waals surface area (Å²) >= 11 is 0. The molecule has 0 radical (unpaired) electrons. The van der Waals surface area contributed by atoms with E-state index in [-0.39, 0.29) is 11.5 Å². The summed E-state index contributed by atoms with van der Waals surface area (Å²) in [6.45, 7) is 9.05. The zero-order valence-corrected chi connectivity index (χ0v) is 11.2. The number of hydrogen-bond acceptors (Lipinski definition) is 1. The third-order valence-corrected chi connectivity index (χ3v) is 5.13. The van der Waals surface area contributed by atoms with E-state index in [1.165, 1.54) is 31.3 Å². The van der Waals surface area contributed by atoms with E-state index in [2.05, 4.69) is 33.8 Å². The van der Waals surface area contributed by atoms with Crippen molar-refractivity contribution in [3.63, 3.8) is 0 Å². The zero-order valence-electron chi connectivity index (χ0n) is 11.2. The summed E-state index contributed by atoms with van der Waals surface area (Å²) in [5.74, 6) is 1.75. The molecule has 92 valence electrons. The van der Waals surface area contributed by atoms with Crippen molar-refractivity contribution in [2.24, 2.45) is 23.2 Å². The fraction of sp³-hybridized carbons (Fsp3) is 0.867. The highest BCUT2D eigenvalue weighted by Crippen LogP contribution is 2.53. The smallest absolute Gasteiger partial charge is 0.0664 e. The van der Waals surface area contributed by atoms with Crippen molar-refractivity contribution in [1.82, 2.24) is 0 Å². The Kier molecular flexibility index (Phi) is 3.18. The normalized spacial score (nSPS) is 44.1. The fourth-order valence-electron chi connectivity index (χ4n) is 3.90. The molecule has 2 aliphatic carbocycles. The molecule has 1 saturated carbocycles. The maximum atomic E-state index is 10.7. The summed E-state index contributed by atoms with van der Waals surface area (Å²) in [4.78, 5) is 0. The van der Waals surface area contributed by atoms with Gasteiger partial charge < -0.3 is 5.11 Å². The molecule has 0 bridgehead atoms. The number of rotatable bonds is 1. The number of aliphatic hydroxyl groups is 1. The zero-order chi connectivity index (χ0) is 11.9. The van der Waals surface area contributed by atoms with Crippen LogP contribution in [0.2, 0.25) is 0 Å². The lowest BCUT2D eigenvalue weighted by molar-refractivity contribution is -0.0704. The predicted molar refractivity (Wildman–Crippen MR) is 68.2 cm³/mol. The molecule has 1 nitrogen and oxygen atoms in total. The first-order valence-corrected chi connectivity index (χ1v) is 6.84. The van der Waals surface area contributed by atoms with Gasteiger partial charge in [0.2, 0.25) is 0 Å². The van der Waals surface area contributed by atoms with Gasteiger partial charge in [-0.3, -0.25) is 0 Å². The second-order valence-corrected chi connectivity index (χ2v) is 6.43. The van der Waals surface area contributed by atoms with Crippen molar-refractivity contribution >= 4 is 0 Å². The Bertz CT molecular complexity index is 292. The molecular formula is C15H26O. The monoisotopic (exact) mass is 222 g/mol. The Morgan fingerprint density at radius 2 is 2.06 bits per heavy atom. The predicted octanol–water partition coefficient (Wildman–Crippen LogP) is 3.78.